The fourth-order valence-electron chi connectivity index (χ4n) is 1.04. The van der Waals surface area contributed by atoms with Crippen LogP contribution in [0.3, 0.4) is 0 Å². The molecule has 13 heavy (non-hydrogen) atoms. The van der Waals surface area contributed by atoms with Crippen LogP contribution in [0.15, 0.2) is 0 Å². The lowest BCUT2D eigenvalue weighted by Crippen LogP contribution is -2.49. The van der Waals surface area contributed by atoms with Crippen LogP contribution >= 0.6 is 0 Å². The largest absolute Gasteiger partial charge is 0.471 e. The summed E-state index contributed by atoms with van der Waals surface area (Å²) in [5.74, 6) is -1.90. The van der Waals surface area contributed by atoms with Crippen LogP contribution in [0.1, 0.15) is 0 Å². The average Bonchev–Trinajstić information content (AvgIpc) is 2.34. The normalized spacial score (nSPS) is 24.8. The molecule has 1 amide bonds. The molecule has 0 radical (unpaired) electrons. The van der Waals surface area contributed by atoms with Gasteiger partial charge in [-0.2, -0.15) is 13.2 Å². The minimum absolute atomic E-state index is 0.332. The van der Waals surface area contributed by atoms with Crippen LogP contribution in [-0.2, 0) is 4.79 Å². The van der Waals surface area contributed by atoms with Gasteiger partial charge in [0.25, 0.3) is 0 Å². The lowest BCUT2D eigenvalue weighted by Gasteiger charge is -2.19. The molecule has 0 spiro atoms. The number of carbonyl (C=O) groups is 1. The Morgan fingerprint density at radius 3 is 2.62 bits per heavy atom. The van der Waals surface area contributed by atoms with Crippen molar-refractivity contribution in [1.82, 2.24) is 15.5 Å². The number of halogens is 3. The van der Waals surface area contributed by atoms with Gasteiger partial charge in [0, 0.05) is 13.2 Å². The van der Waals surface area contributed by atoms with Gasteiger partial charge in [0.05, 0.1) is 6.17 Å². The van der Waals surface area contributed by atoms with Crippen molar-refractivity contribution in [3.63, 3.8) is 0 Å². The Labute approximate surface area is 73.1 Å². The van der Waals surface area contributed by atoms with E-state index in [2.05, 4.69) is 5.32 Å². The third-order valence-corrected chi connectivity index (χ3v) is 1.79. The highest BCUT2D eigenvalue weighted by Gasteiger charge is 2.40. The molecule has 0 aromatic carbocycles. The van der Waals surface area contributed by atoms with Crippen molar-refractivity contribution in [1.29, 1.82) is 0 Å². The molecular weight excluding hydrogens is 187 g/mol. The first-order valence-corrected chi connectivity index (χ1v) is 3.70. The lowest BCUT2D eigenvalue weighted by molar-refractivity contribution is -0.175. The summed E-state index contributed by atoms with van der Waals surface area (Å²) in [6, 6.07) is 0. The van der Waals surface area contributed by atoms with Crippen molar-refractivity contribution in [2.45, 2.75) is 12.3 Å². The van der Waals surface area contributed by atoms with E-state index < -0.39 is 18.2 Å². The fourth-order valence-corrected chi connectivity index (χ4v) is 1.04. The first-order valence-electron chi connectivity index (χ1n) is 3.70. The third kappa shape index (κ3) is 2.56. The van der Waals surface area contributed by atoms with Crippen molar-refractivity contribution in [3.8, 4) is 0 Å². The van der Waals surface area contributed by atoms with E-state index in [0.717, 1.165) is 0 Å². The predicted octanol–water partition coefficient (Wildman–Crippen LogP) is -0.517. The van der Waals surface area contributed by atoms with E-state index in [9.17, 15) is 18.0 Å². The molecule has 0 unspecified atom stereocenters. The molecule has 1 heterocycles. The summed E-state index contributed by atoms with van der Waals surface area (Å²) >= 11 is 0. The fraction of sp³-hybridized carbons (Fsp3) is 0.833. The van der Waals surface area contributed by atoms with Gasteiger partial charge in [-0.25, -0.2) is 0 Å². The number of hydrogen-bond donors (Lipinski definition) is 2. The van der Waals surface area contributed by atoms with Gasteiger partial charge in [0.2, 0.25) is 0 Å². The Morgan fingerprint density at radius 2 is 2.23 bits per heavy atom. The third-order valence-electron chi connectivity index (χ3n) is 1.79. The van der Waals surface area contributed by atoms with E-state index in [0.29, 0.717) is 13.2 Å². The van der Waals surface area contributed by atoms with Crippen molar-refractivity contribution >= 4 is 5.91 Å². The SMILES string of the molecule is CN1CNC[C@@H]1NC(=O)C(F)(F)F. The monoisotopic (exact) mass is 197 g/mol. The molecule has 0 saturated carbocycles. The van der Waals surface area contributed by atoms with Gasteiger partial charge in [0.15, 0.2) is 0 Å². The van der Waals surface area contributed by atoms with Crippen molar-refractivity contribution in [3.05, 3.63) is 0 Å². The van der Waals surface area contributed by atoms with Gasteiger partial charge >= 0.3 is 12.1 Å². The molecule has 0 aliphatic carbocycles. The second kappa shape index (κ2) is 3.51. The topological polar surface area (TPSA) is 44.4 Å². The van der Waals surface area contributed by atoms with E-state index in [4.69, 9.17) is 0 Å². The van der Waals surface area contributed by atoms with Crippen molar-refractivity contribution in [2.75, 3.05) is 20.3 Å². The first kappa shape index (κ1) is 10.3. The van der Waals surface area contributed by atoms with E-state index in [1.165, 1.54) is 0 Å². The number of hydrogen-bond acceptors (Lipinski definition) is 3. The lowest BCUT2D eigenvalue weighted by atomic mass is 10.4. The summed E-state index contributed by atoms with van der Waals surface area (Å²) in [6.45, 7) is 0.807. The summed E-state index contributed by atoms with van der Waals surface area (Å²) in [5.41, 5.74) is 0. The summed E-state index contributed by atoms with van der Waals surface area (Å²) in [7, 11) is 1.63. The zero-order chi connectivity index (χ0) is 10.1. The standard InChI is InChI=1S/C6H10F3N3O/c1-12-3-10-2-4(12)11-5(13)6(7,8)9/h4,10H,2-3H2,1H3,(H,11,13)/t4-/m1/s1. The van der Waals surface area contributed by atoms with E-state index in [-0.39, 0.29) is 0 Å². The van der Waals surface area contributed by atoms with Crippen LogP contribution in [0, 0.1) is 0 Å². The van der Waals surface area contributed by atoms with Gasteiger partial charge in [-0.15, -0.1) is 0 Å². The van der Waals surface area contributed by atoms with Crippen LogP contribution in [0.4, 0.5) is 13.2 Å². The molecule has 0 aromatic heterocycles. The number of rotatable bonds is 1. The van der Waals surface area contributed by atoms with Crippen LogP contribution in [0.2, 0.25) is 0 Å². The molecule has 1 aliphatic rings. The number of likely N-dealkylation sites (N-methyl/N-ethyl adjacent to an activating group) is 1. The van der Waals surface area contributed by atoms with E-state index >= 15 is 0 Å². The van der Waals surface area contributed by atoms with Gasteiger partial charge in [-0.3, -0.25) is 9.69 Å². The average molecular weight is 197 g/mol. The quantitative estimate of drug-likeness (QED) is 0.594. The molecule has 76 valence electrons. The molecule has 2 N–H and O–H groups in total. The highest BCUT2D eigenvalue weighted by molar-refractivity contribution is 5.81. The van der Waals surface area contributed by atoms with Crippen LogP contribution < -0.4 is 10.6 Å². The molecule has 4 nitrogen and oxygen atoms in total. The van der Waals surface area contributed by atoms with Crippen molar-refractivity contribution < 1.29 is 18.0 Å². The number of amides is 1. The van der Waals surface area contributed by atoms with E-state index in [1.807, 2.05) is 5.32 Å². The molecule has 1 fully saturated rings. The summed E-state index contributed by atoms with van der Waals surface area (Å²) < 4.78 is 35.3. The molecule has 0 bridgehead atoms. The second-order valence-electron chi connectivity index (χ2n) is 2.86. The predicted molar refractivity (Wildman–Crippen MR) is 38.6 cm³/mol. The number of carbonyl (C=O) groups excluding carboxylic acids is 1. The second-order valence-corrected chi connectivity index (χ2v) is 2.86. The first-order chi connectivity index (χ1) is 5.91. The highest BCUT2D eigenvalue weighted by Crippen LogP contribution is 2.14. The zero-order valence-electron chi connectivity index (χ0n) is 6.98. The molecule has 1 atom stereocenters. The molecule has 1 aliphatic heterocycles. The van der Waals surface area contributed by atoms with Gasteiger partial charge in [-0.1, -0.05) is 0 Å². The summed E-state index contributed by atoms with van der Waals surface area (Å²) in [6.07, 6.45) is -5.38. The number of alkyl halides is 3. The Balaban J connectivity index is 2.45. The summed E-state index contributed by atoms with van der Waals surface area (Å²) in [4.78, 5) is 12.1. The molecule has 7 heteroatoms. The molecule has 1 rings (SSSR count). The van der Waals surface area contributed by atoms with Crippen LogP contribution in [0.5, 0.6) is 0 Å². The van der Waals surface area contributed by atoms with Crippen LogP contribution in [0.25, 0.3) is 0 Å². The van der Waals surface area contributed by atoms with Crippen molar-refractivity contribution in [2.24, 2.45) is 0 Å². The minimum Gasteiger partial charge on any atom is -0.331 e. The Hall–Kier alpha value is -0.820. The zero-order valence-corrected chi connectivity index (χ0v) is 6.98. The Morgan fingerprint density at radius 1 is 1.62 bits per heavy atom. The maximum atomic E-state index is 11.8. The molecule has 1 saturated heterocycles. The van der Waals surface area contributed by atoms with Gasteiger partial charge in [0.1, 0.15) is 0 Å². The highest BCUT2D eigenvalue weighted by atomic mass is 19.4. The van der Waals surface area contributed by atoms with Crippen LogP contribution in [-0.4, -0.2) is 43.4 Å². The maximum absolute atomic E-state index is 11.8. The minimum atomic E-state index is -4.80. The Bertz CT molecular complexity index is 206. The Kier molecular flexibility index (Phi) is 2.77. The van der Waals surface area contributed by atoms with Gasteiger partial charge in [-0.05, 0) is 7.05 Å². The van der Waals surface area contributed by atoms with E-state index in [1.54, 1.807) is 11.9 Å². The van der Waals surface area contributed by atoms with Gasteiger partial charge < -0.3 is 10.6 Å². The maximum Gasteiger partial charge on any atom is 0.471 e. The number of nitrogens with one attached hydrogen (secondary N) is 2. The molecule has 0 aromatic rings. The summed E-state index contributed by atoms with van der Waals surface area (Å²) in [5, 5.41) is 4.69. The molecular formula is C6H10F3N3O. The smallest absolute Gasteiger partial charge is 0.331 e. The number of nitrogens with zero attached hydrogens (tertiary/aromatic N) is 1.